The van der Waals surface area contributed by atoms with Gasteiger partial charge in [0.1, 0.15) is 11.2 Å². The van der Waals surface area contributed by atoms with Crippen molar-refractivity contribution in [1.29, 1.82) is 0 Å². The number of nitrogens with zero attached hydrogens (tertiary/aromatic N) is 1. The lowest BCUT2D eigenvalue weighted by molar-refractivity contribution is 0.669. The molecule has 0 atom stereocenters. The molecule has 0 aliphatic heterocycles. The van der Waals surface area contributed by atoms with E-state index < -0.39 is 5.41 Å². The fourth-order valence-corrected chi connectivity index (χ4v) is 10.1. The minimum absolute atomic E-state index is 0.519. The van der Waals surface area contributed by atoms with Crippen molar-refractivity contribution in [3.63, 3.8) is 0 Å². The van der Waals surface area contributed by atoms with E-state index in [0.29, 0.717) is 0 Å². The second-order valence-corrected chi connectivity index (χ2v) is 16.0. The smallest absolute Gasteiger partial charge is 0.135 e. The highest BCUT2D eigenvalue weighted by atomic mass is 16.3. The summed E-state index contributed by atoms with van der Waals surface area (Å²) in [4.78, 5) is 2.41. The summed E-state index contributed by atoms with van der Waals surface area (Å²) in [7, 11) is 0. The number of anilines is 3. The van der Waals surface area contributed by atoms with Crippen LogP contribution in [-0.2, 0) is 5.41 Å². The highest BCUT2D eigenvalue weighted by molar-refractivity contribution is 6.07. The summed E-state index contributed by atoms with van der Waals surface area (Å²) in [6.45, 7) is 0. The number of rotatable bonds is 7. The molecule has 0 saturated carbocycles. The Hall–Kier alpha value is -7.94. The van der Waals surface area contributed by atoms with Gasteiger partial charge in [-0.2, -0.15) is 0 Å². The lowest BCUT2D eigenvalue weighted by atomic mass is 9.67. The number of benzene rings is 10. The maximum Gasteiger partial charge on any atom is 0.135 e. The monoisotopic (exact) mass is 777 g/mol. The van der Waals surface area contributed by atoms with Crippen molar-refractivity contribution in [2.75, 3.05) is 4.90 Å². The maximum absolute atomic E-state index is 6.34. The molecule has 1 aromatic heterocycles. The van der Waals surface area contributed by atoms with Gasteiger partial charge in [-0.25, -0.2) is 0 Å². The molecule has 0 unspecified atom stereocenters. The van der Waals surface area contributed by atoms with E-state index in [-0.39, 0.29) is 0 Å². The Labute approximate surface area is 355 Å². The summed E-state index contributed by atoms with van der Waals surface area (Å²) in [5, 5.41) is 4.68. The van der Waals surface area contributed by atoms with Crippen LogP contribution in [0.1, 0.15) is 22.3 Å². The second-order valence-electron chi connectivity index (χ2n) is 16.0. The van der Waals surface area contributed by atoms with Crippen LogP contribution in [0.15, 0.2) is 241 Å². The molecule has 0 amide bonds. The molecule has 286 valence electrons. The van der Waals surface area contributed by atoms with Gasteiger partial charge in [0, 0.05) is 27.8 Å². The Bertz CT molecular complexity index is 3360. The molecule has 61 heavy (non-hydrogen) atoms. The zero-order chi connectivity index (χ0) is 40.3. The third-order valence-corrected chi connectivity index (χ3v) is 12.7. The molecule has 0 radical (unpaired) electrons. The zero-order valence-corrected chi connectivity index (χ0v) is 33.4. The lowest BCUT2D eigenvalue weighted by Gasteiger charge is -2.35. The minimum atomic E-state index is -0.519. The second kappa shape index (κ2) is 14.1. The van der Waals surface area contributed by atoms with Crippen molar-refractivity contribution in [2.24, 2.45) is 0 Å². The Morgan fingerprint density at radius 3 is 1.66 bits per heavy atom. The first-order valence-electron chi connectivity index (χ1n) is 21.0. The summed E-state index contributed by atoms with van der Waals surface area (Å²) < 4.78 is 6.34. The van der Waals surface area contributed by atoms with Gasteiger partial charge >= 0.3 is 0 Å². The standard InChI is InChI=1S/C59H39NO/c1-4-17-42(18-5-1)58-48-23-11-10-16-40(48)30-35-49(58)41-28-31-45(32-29-41)60(46-34-37-57-53(38-46)52-25-13-15-27-56(52)61-57)47-33-36-51-50-24-12-14-26-54(50)59(55(51)39-47,43-19-6-2-7-20-43)44-21-8-3-9-22-44/h1-39H. The quantitative estimate of drug-likeness (QED) is 0.160. The Morgan fingerprint density at radius 2 is 0.885 bits per heavy atom. The van der Waals surface area contributed by atoms with Crippen molar-refractivity contribution in [3.05, 3.63) is 259 Å². The van der Waals surface area contributed by atoms with Gasteiger partial charge in [0.15, 0.2) is 0 Å². The first-order chi connectivity index (χ1) is 30.3. The van der Waals surface area contributed by atoms with Crippen molar-refractivity contribution >= 4 is 49.8 Å². The molecule has 2 nitrogen and oxygen atoms in total. The average Bonchev–Trinajstić information content (AvgIpc) is 3.86. The highest BCUT2D eigenvalue weighted by Gasteiger charge is 2.46. The fraction of sp³-hybridized carbons (Fsp3) is 0.0169. The predicted octanol–water partition coefficient (Wildman–Crippen LogP) is 15.9. The third-order valence-electron chi connectivity index (χ3n) is 12.7. The molecule has 1 aliphatic rings. The minimum Gasteiger partial charge on any atom is -0.456 e. The summed E-state index contributed by atoms with van der Waals surface area (Å²) in [5.74, 6) is 0. The maximum atomic E-state index is 6.34. The first kappa shape index (κ1) is 35.0. The number of hydrogen-bond donors (Lipinski definition) is 0. The van der Waals surface area contributed by atoms with Gasteiger partial charge in [-0.05, 0) is 115 Å². The van der Waals surface area contributed by atoms with Crippen LogP contribution in [0, 0.1) is 0 Å². The molecule has 0 N–H and O–H groups in total. The first-order valence-corrected chi connectivity index (χ1v) is 21.0. The van der Waals surface area contributed by atoms with Crippen LogP contribution < -0.4 is 4.90 Å². The van der Waals surface area contributed by atoms with E-state index in [1.54, 1.807) is 0 Å². The Balaban J connectivity index is 1.08. The van der Waals surface area contributed by atoms with E-state index in [9.17, 15) is 0 Å². The number of furan rings is 1. The van der Waals surface area contributed by atoms with Crippen LogP contribution in [-0.4, -0.2) is 0 Å². The summed E-state index contributed by atoms with van der Waals surface area (Å²) in [5.41, 5.74) is 16.9. The zero-order valence-electron chi connectivity index (χ0n) is 33.4. The van der Waals surface area contributed by atoms with Gasteiger partial charge in [-0.1, -0.05) is 188 Å². The van der Waals surface area contributed by atoms with E-state index in [1.807, 2.05) is 12.1 Å². The molecule has 11 aromatic rings. The van der Waals surface area contributed by atoms with Crippen molar-refractivity contribution in [2.45, 2.75) is 5.41 Å². The van der Waals surface area contributed by atoms with E-state index >= 15 is 0 Å². The van der Waals surface area contributed by atoms with Crippen LogP contribution in [0.3, 0.4) is 0 Å². The molecule has 0 fully saturated rings. The van der Waals surface area contributed by atoms with Gasteiger partial charge < -0.3 is 9.32 Å². The van der Waals surface area contributed by atoms with E-state index in [4.69, 9.17) is 4.42 Å². The predicted molar refractivity (Wildman–Crippen MR) is 254 cm³/mol. The van der Waals surface area contributed by atoms with Gasteiger partial charge in [-0.3, -0.25) is 0 Å². The molecule has 2 heteroatoms. The average molecular weight is 778 g/mol. The van der Waals surface area contributed by atoms with Gasteiger partial charge in [0.2, 0.25) is 0 Å². The molecule has 0 saturated heterocycles. The van der Waals surface area contributed by atoms with Gasteiger partial charge in [-0.15, -0.1) is 0 Å². The largest absolute Gasteiger partial charge is 0.456 e. The van der Waals surface area contributed by atoms with E-state index in [2.05, 4.69) is 229 Å². The SMILES string of the molecule is c1ccc(-c2c(-c3ccc(N(c4ccc5c(c4)C(c4ccccc4)(c4ccccc4)c4ccccc4-5)c4ccc5oc6ccccc6c5c4)cc3)ccc3ccccc23)cc1. The number of para-hydroxylation sites is 1. The van der Waals surface area contributed by atoms with Crippen LogP contribution in [0.5, 0.6) is 0 Å². The van der Waals surface area contributed by atoms with Crippen LogP contribution in [0.2, 0.25) is 0 Å². The van der Waals surface area contributed by atoms with Crippen LogP contribution in [0.25, 0.3) is 66.1 Å². The van der Waals surface area contributed by atoms with Crippen molar-refractivity contribution in [3.8, 4) is 33.4 Å². The normalized spacial score (nSPS) is 12.7. The van der Waals surface area contributed by atoms with Crippen LogP contribution >= 0.6 is 0 Å². The Morgan fingerprint density at radius 1 is 0.328 bits per heavy atom. The molecule has 0 bridgehead atoms. The molecule has 1 aliphatic carbocycles. The molecule has 1 heterocycles. The third kappa shape index (κ3) is 5.50. The molecule has 10 aromatic carbocycles. The summed E-state index contributed by atoms with van der Waals surface area (Å²) in [6.07, 6.45) is 0. The van der Waals surface area contributed by atoms with Crippen LogP contribution in [0.4, 0.5) is 17.1 Å². The summed E-state index contributed by atoms with van der Waals surface area (Å²) in [6, 6.07) is 86.1. The van der Waals surface area contributed by atoms with E-state index in [0.717, 1.165) is 39.0 Å². The number of fused-ring (bicyclic) bond motifs is 7. The Kier molecular flexibility index (Phi) is 8.11. The highest BCUT2D eigenvalue weighted by Crippen LogP contribution is 2.57. The van der Waals surface area contributed by atoms with Crippen molar-refractivity contribution in [1.82, 2.24) is 0 Å². The number of hydrogen-bond acceptors (Lipinski definition) is 2. The molecular formula is C59H39NO. The molecule has 12 rings (SSSR count). The van der Waals surface area contributed by atoms with Crippen molar-refractivity contribution < 1.29 is 4.42 Å². The fourth-order valence-electron chi connectivity index (χ4n) is 10.1. The molecular weight excluding hydrogens is 739 g/mol. The van der Waals surface area contributed by atoms with Gasteiger partial charge in [0.25, 0.3) is 0 Å². The van der Waals surface area contributed by atoms with Gasteiger partial charge in [0.05, 0.1) is 5.41 Å². The molecule has 0 spiro atoms. The lowest BCUT2D eigenvalue weighted by Crippen LogP contribution is -2.28. The van der Waals surface area contributed by atoms with E-state index in [1.165, 1.54) is 66.4 Å². The summed E-state index contributed by atoms with van der Waals surface area (Å²) >= 11 is 0. The topological polar surface area (TPSA) is 16.4 Å².